The van der Waals surface area contributed by atoms with Crippen molar-refractivity contribution >= 4 is 39.5 Å². The van der Waals surface area contributed by atoms with Gasteiger partial charge in [0.25, 0.3) is 0 Å². The first-order valence-corrected chi connectivity index (χ1v) is 42.0. The van der Waals surface area contributed by atoms with Crippen molar-refractivity contribution in [2.45, 2.75) is 407 Å². The van der Waals surface area contributed by atoms with Crippen molar-refractivity contribution in [3.8, 4) is 0 Å². The van der Waals surface area contributed by atoms with E-state index in [0.717, 1.165) is 102 Å². The van der Waals surface area contributed by atoms with Crippen LogP contribution in [0.3, 0.4) is 0 Å². The van der Waals surface area contributed by atoms with Gasteiger partial charge in [0.15, 0.2) is 12.2 Å². The van der Waals surface area contributed by atoms with Gasteiger partial charge in [-0.2, -0.15) is 0 Å². The van der Waals surface area contributed by atoms with Gasteiger partial charge in [-0.05, 0) is 37.5 Å². The van der Waals surface area contributed by atoms with Crippen LogP contribution >= 0.6 is 15.6 Å². The maximum absolute atomic E-state index is 13.1. The monoisotopic (exact) mass is 1380 g/mol. The number of esters is 4. The van der Waals surface area contributed by atoms with Crippen LogP contribution in [0.4, 0.5) is 0 Å². The van der Waals surface area contributed by atoms with Crippen molar-refractivity contribution in [3.05, 3.63) is 0 Å². The summed E-state index contributed by atoms with van der Waals surface area (Å²) in [5.74, 6) is -0.635. The summed E-state index contributed by atoms with van der Waals surface area (Å²) >= 11 is 0. The Morgan fingerprint density at radius 3 is 0.809 bits per heavy atom. The molecule has 3 unspecified atom stereocenters. The van der Waals surface area contributed by atoms with E-state index in [9.17, 15) is 43.2 Å². The quantitative estimate of drug-likeness (QED) is 0.0222. The number of hydrogen-bond acceptors (Lipinski definition) is 15. The molecule has 94 heavy (non-hydrogen) atoms. The average Bonchev–Trinajstić information content (AvgIpc) is 1.41. The van der Waals surface area contributed by atoms with Crippen LogP contribution in [0.15, 0.2) is 0 Å². The Balaban J connectivity index is 5.24. The standard InChI is InChI=1S/C75H146O17P2/c1-7-10-12-14-16-18-20-22-24-26-28-30-35-39-47-53-59-74(79)91-70(63-85-72(77)57-51-45-38-34-29-27-25-23-21-19-17-15-13-11-8-2)65-89-93(81,82)87-61-69(76)62-88-94(83,84)90-66-71(64-86-73(78)58-52-46-42-41-43-49-55-67(4)5)92-75(80)60-54-48-40-36-32-31-33-37-44-50-56-68(6)9-3/h67-71,76H,7-66H2,1-6H3,(H,81,82)(H,83,84)/t68?,69-,70-,71-/m1/s1. The Kier molecular flexibility index (Phi) is 65.5. The van der Waals surface area contributed by atoms with Crippen LogP contribution in [-0.4, -0.2) is 96.7 Å². The first kappa shape index (κ1) is 92.1. The lowest BCUT2D eigenvalue weighted by Crippen LogP contribution is -2.30. The highest BCUT2D eigenvalue weighted by atomic mass is 31.2. The molecule has 0 spiro atoms. The van der Waals surface area contributed by atoms with Gasteiger partial charge in [0.2, 0.25) is 0 Å². The number of phosphoric acid groups is 2. The molecule has 0 aliphatic heterocycles. The fourth-order valence-corrected chi connectivity index (χ4v) is 13.0. The zero-order valence-corrected chi connectivity index (χ0v) is 63.1. The lowest BCUT2D eigenvalue weighted by molar-refractivity contribution is -0.161. The van der Waals surface area contributed by atoms with E-state index in [1.165, 1.54) is 199 Å². The van der Waals surface area contributed by atoms with E-state index < -0.39 is 97.5 Å². The topological polar surface area (TPSA) is 237 Å². The van der Waals surface area contributed by atoms with Crippen molar-refractivity contribution in [1.29, 1.82) is 0 Å². The van der Waals surface area contributed by atoms with E-state index >= 15 is 0 Å². The Labute approximate surface area is 575 Å². The Morgan fingerprint density at radius 2 is 0.543 bits per heavy atom. The summed E-state index contributed by atoms with van der Waals surface area (Å²) in [5, 5.41) is 10.6. The third-order valence-corrected chi connectivity index (χ3v) is 19.7. The van der Waals surface area contributed by atoms with E-state index in [2.05, 4.69) is 41.5 Å². The summed E-state index contributed by atoms with van der Waals surface area (Å²) in [4.78, 5) is 72.8. The second-order valence-electron chi connectivity index (χ2n) is 27.8. The van der Waals surface area contributed by atoms with Gasteiger partial charge in [0.05, 0.1) is 26.4 Å². The number of hydrogen-bond donors (Lipinski definition) is 3. The molecule has 0 heterocycles. The molecule has 0 saturated carbocycles. The van der Waals surface area contributed by atoms with Gasteiger partial charge in [0.1, 0.15) is 19.3 Å². The summed E-state index contributed by atoms with van der Waals surface area (Å²) in [5.41, 5.74) is 0. The van der Waals surface area contributed by atoms with E-state index in [1.54, 1.807) is 0 Å². The van der Waals surface area contributed by atoms with Gasteiger partial charge in [0, 0.05) is 25.7 Å². The molecular formula is C75H146O17P2. The van der Waals surface area contributed by atoms with Crippen molar-refractivity contribution in [2.75, 3.05) is 39.6 Å². The van der Waals surface area contributed by atoms with Gasteiger partial charge in [-0.1, -0.05) is 337 Å². The second-order valence-corrected chi connectivity index (χ2v) is 30.7. The first-order chi connectivity index (χ1) is 45.4. The van der Waals surface area contributed by atoms with Crippen LogP contribution in [0, 0.1) is 11.8 Å². The molecule has 0 aromatic rings. The summed E-state index contributed by atoms with van der Waals surface area (Å²) in [6, 6.07) is 0. The van der Waals surface area contributed by atoms with Crippen LogP contribution in [0.2, 0.25) is 0 Å². The molecule has 0 saturated heterocycles. The average molecular weight is 1380 g/mol. The third-order valence-electron chi connectivity index (χ3n) is 17.8. The lowest BCUT2D eigenvalue weighted by atomic mass is 9.99. The van der Waals surface area contributed by atoms with Crippen molar-refractivity contribution in [2.24, 2.45) is 11.8 Å². The summed E-state index contributed by atoms with van der Waals surface area (Å²) in [6.07, 6.45) is 54.1. The van der Waals surface area contributed by atoms with Gasteiger partial charge in [-0.25, -0.2) is 9.13 Å². The molecule has 0 aliphatic carbocycles. The summed E-state index contributed by atoms with van der Waals surface area (Å²) in [6.45, 7) is 9.54. The molecule has 17 nitrogen and oxygen atoms in total. The van der Waals surface area contributed by atoms with E-state index in [1.807, 2.05) is 0 Å². The zero-order chi connectivity index (χ0) is 69.3. The number of rotatable bonds is 74. The molecule has 0 aromatic heterocycles. The van der Waals surface area contributed by atoms with Gasteiger partial charge in [-0.15, -0.1) is 0 Å². The van der Waals surface area contributed by atoms with Gasteiger partial charge in [-0.3, -0.25) is 37.3 Å². The summed E-state index contributed by atoms with van der Waals surface area (Å²) in [7, 11) is -9.91. The highest BCUT2D eigenvalue weighted by Gasteiger charge is 2.30. The molecule has 0 bridgehead atoms. The number of carbonyl (C=O) groups excluding carboxylic acids is 4. The molecule has 3 N–H and O–H groups in total. The maximum atomic E-state index is 13.1. The van der Waals surface area contributed by atoms with Crippen molar-refractivity contribution in [1.82, 2.24) is 0 Å². The highest BCUT2D eigenvalue weighted by molar-refractivity contribution is 7.47. The highest BCUT2D eigenvalue weighted by Crippen LogP contribution is 2.45. The normalized spacial score (nSPS) is 14.3. The molecule has 0 rings (SSSR count). The Bertz CT molecular complexity index is 1820. The second kappa shape index (κ2) is 66.9. The third kappa shape index (κ3) is 67.3. The largest absolute Gasteiger partial charge is 0.472 e. The molecule has 19 heteroatoms. The zero-order valence-electron chi connectivity index (χ0n) is 61.3. The van der Waals surface area contributed by atoms with Crippen LogP contribution in [0.25, 0.3) is 0 Å². The molecule has 0 aliphatic rings. The van der Waals surface area contributed by atoms with Crippen molar-refractivity contribution < 1.29 is 80.2 Å². The molecule has 0 fully saturated rings. The minimum atomic E-state index is -4.96. The molecular weight excluding hydrogens is 1230 g/mol. The molecule has 0 aromatic carbocycles. The molecule has 0 amide bonds. The first-order valence-electron chi connectivity index (χ1n) is 39.0. The number of aliphatic hydroxyl groups is 1. The molecule has 0 radical (unpaired) electrons. The number of ether oxygens (including phenoxy) is 4. The maximum Gasteiger partial charge on any atom is 0.472 e. The molecule has 558 valence electrons. The van der Waals surface area contributed by atoms with Gasteiger partial charge >= 0.3 is 39.5 Å². The lowest BCUT2D eigenvalue weighted by Gasteiger charge is -2.21. The fraction of sp³-hybridized carbons (Fsp3) is 0.947. The van der Waals surface area contributed by atoms with E-state index in [-0.39, 0.29) is 25.7 Å². The Morgan fingerprint density at radius 1 is 0.309 bits per heavy atom. The minimum Gasteiger partial charge on any atom is -0.462 e. The van der Waals surface area contributed by atoms with Crippen molar-refractivity contribution in [3.63, 3.8) is 0 Å². The number of aliphatic hydroxyl groups excluding tert-OH is 1. The number of phosphoric ester groups is 2. The van der Waals surface area contributed by atoms with E-state index in [0.29, 0.717) is 31.6 Å². The van der Waals surface area contributed by atoms with Crippen LogP contribution in [-0.2, 0) is 65.4 Å². The fourth-order valence-electron chi connectivity index (χ4n) is 11.4. The number of unbranched alkanes of at least 4 members (excludes halogenated alkanes) is 43. The predicted octanol–water partition coefficient (Wildman–Crippen LogP) is 21.9. The van der Waals surface area contributed by atoms with E-state index in [4.69, 9.17) is 37.0 Å². The molecule has 6 atom stereocenters. The summed E-state index contributed by atoms with van der Waals surface area (Å²) < 4.78 is 68.5. The van der Waals surface area contributed by atoms with Gasteiger partial charge < -0.3 is 33.8 Å². The minimum absolute atomic E-state index is 0.105. The predicted molar refractivity (Wildman–Crippen MR) is 381 cm³/mol. The van der Waals surface area contributed by atoms with Crippen LogP contribution in [0.5, 0.6) is 0 Å². The van der Waals surface area contributed by atoms with Crippen LogP contribution < -0.4 is 0 Å². The Hall–Kier alpha value is -1.94. The smallest absolute Gasteiger partial charge is 0.462 e. The SMILES string of the molecule is CCCCCCCCCCCCCCCCCCC(=O)O[C@H](COC(=O)CCCCCCCCCCCCCCCCC)COP(=O)(O)OC[C@@H](O)COP(=O)(O)OC[C@@H](COC(=O)CCCCCCCCC(C)C)OC(=O)CCCCCCCCCCCCC(C)CC. The van der Waals surface area contributed by atoms with Crippen LogP contribution in [0.1, 0.15) is 388 Å². The number of carbonyl (C=O) groups is 4.